The molecule has 0 saturated heterocycles. The summed E-state index contributed by atoms with van der Waals surface area (Å²) in [4.78, 5) is 11.7. The first kappa shape index (κ1) is 11.3. The number of rotatable bonds is 4. The summed E-state index contributed by atoms with van der Waals surface area (Å²) in [5.41, 5.74) is 7.54. The number of carbonyl (C=O) groups excluding carboxylic acids is 1. The lowest BCUT2D eigenvalue weighted by molar-refractivity contribution is -0.116. The molecule has 2 aromatic rings. The molecule has 1 atom stereocenters. The molecule has 5 heteroatoms. The van der Waals surface area contributed by atoms with E-state index in [0.717, 1.165) is 5.56 Å². The van der Waals surface area contributed by atoms with E-state index in [-0.39, 0.29) is 18.4 Å². The zero-order valence-electron chi connectivity index (χ0n) is 9.26. The summed E-state index contributed by atoms with van der Waals surface area (Å²) < 4.78 is 0. The molecule has 4 N–H and O–H groups in total. The standard InChI is InChI=1S/C12H14N4O/c13-11(9-4-2-1-3-5-9)6-12(17)16-10-7-14-15-8-10/h1-5,7-8,11H,6,13H2,(H,14,15)(H,16,17). The Bertz CT molecular complexity index is 467. The van der Waals surface area contributed by atoms with E-state index in [1.807, 2.05) is 30.3 Å². The molecule has 5 nitrogen and oxygen atoms in total. The summed E-state index contributed by atoms with van der Waals surface area (Å²) in [5, 5.41) is 9.08. The van der Waals surface area contributed by atoms with Gasteiger partial charge >= 0.3 is 0 Å². The highest BCUT2D eigenvalue weighted by Crippen LogP contribution is 2.14. The van der Waals surface area contributed by atoms with Crippen molar-refractivity contribution in [3.05, 3.63) is 48.3 Å². The SMILES string of the molecule is NC(CC(=O)Nc1cn[nH]c1)c1ccccc1. The highest BCUT2D eigenvalue weighted by Gasteiger charge is 2.11. The second-order valence-electron chi connectivity index (χ2n) is 3.76. The fourth-order valence-corrected chi connectivity index (χ4v) is 1.55. The van der Waals surface area contributed by atoms with Gasteiger partial charge in [0.05, 0.1) is 11.9 Å². The van der Waals surface area contributed by atoms with Gasteiger partial charge in [0, 0.05) is 18.7 Å². The average Bonchev–Trinajstić information content (AvgIpc) is 2.82. The number of carbonyl (C=O) groups is 1. The molecule has 1 heterocycles. The maximum atomic E-state index is 11.7. The molecule has 0 spiro atoms. The van der Waals surface area contributed by atoms with E-state index in [1.165, 1.54) is 0 Å². The minimum atomic E-state index is -0.289. The Kier molecular flexibility index (Phi) is 3.52. The first-order valence-electron chi connectivity index (χ1n) is 5.35. The molecule has 1 unspecified atom stereocenters. The van der Waals surface area contributed by atoms with Gasteiger partial charge in [-0.3, -0.25) is 9.89 Å². The minimum Gasteiger partial charge on any atom is -0.324 e. The van der Waals surface area contributed by atoms with E-state index in [1.54, 1.807) is 12.4 Å². The largest absolute Gasteiger partial charge is 0.324 e. The highest BCUT2D eigenvalue weighted by molar-refractivity contribution is 5.90. The van der Waals surface area contributed by atoms with Crippen LogP contribution in [-0.2, 0) is 4.79 Å². The fourth-order valence-electron chi connectivity index (χ4n) is 1.55. The number of nitrogens with one attached hydrogen (secondary N) is 2. The number of aromatic amines is 1. The third-order valence-corrected chi connectivity index (χ3v) is 2.42. The molecule has 0 fully saturated rings. The number of amides is 1. The average molecular weight is 230 g/mol. The van der Waals surface area contributed by atoms with Crippen LogP contribution in [0.3, 0.4) is 0 Å². The van der Waals surface area contributed by atoms with E-state index >= 15 is 0 Å². The van der Waals surface area contributed by atoms with Crippen molar-refractivity contribution in [3.8, 4) is 0 Å². The molecule has 1 amide bonds. The summed E-state index contributed by atoms with van der Waals surface area (Å²) in [6.07, 6.45) is 3.41. The number of hydrogen-bond acceptors (Lipinski definition) is 3. The monoisotopic (exact) mass is 230 g/mol. The zero-order valence-corrected chi connectivity index (χ0v) is 9.26. The van der Waals surface area contributed by atoms with Crippen LogP contribution in [-0.4, -0.2) is 16.1 Å². The number of anilines is 1. The number of H-pyrrole nitrogens is 1. The van der Waals surface area contributed by atoms with E-state index < -0.39 is 0 Å². The van der Waals surface area contributed by atoms with E-state index in [4.69, 9.17) is 5.73 Å². The topological polar surface area (TPSA) is 83.8 Å². The molecule has 0 saturated carbocycles. The second-order valence-corrected chi connectivity index (χ2v) is 3.76. The highest BCUT2D eigenvalue weighted by atomic mass is 16.1. The van der Waals surface area contributed by atoms with Gasteiger partial charge in [0.25, 0.3) is 0 Å². The van der Waals surface area contributed by atoms with Crippen molar-refractivity contribution in [2.75, 3.05) is 5.32 Å². The molecular formula is C12H14N4O. The van der Waals surface area contributed by atoms with Crippen LogP contribution in [0.2, 0.25) is 0 Å². The van der Waals surface area contributed by atoms with Crippen molar-refractivity contribution in [1.29, 1.82) is 0 Å². The van der Waals surface area contributed by atoms with E-state index in [0.29, 0.717) is 5.69 Å². The predicted octanol–water partition coefficient (Wildman–Crippen LogP) is 1.44. The van der Waals surface area contributed by atoms with Gasteiger partial charge < -0.3 is 11.1 Å². The minimum absolute atomic E-state index is 0.122. The molecule has 0 aliphatic rings. The van der Waals surface area contributed by atoms with Crippen LogP contribution in [0.5, 0.6) is 0 Å². The van der Waals surface area contributed by atoms with Gasteiger partial charge in [-0.05, 0) is 5.56 Å². The Morgan fingerprint density at radius 2 is 2.18 bits per heavy atom. The molecule has 2 rings (SSSR count). The third kappa shape index (κ3) is 3.15. The van der Waals surface area contributed by atoms with Crippen LogP contribution in [0, 0.1) is 0 Å². The molecule has 0 aliphatic heterocycles. The second kappa shape index (κ2) is 5.27. The normalized spacial score (nSPS) is 12.1. The van der Waals surface area contributed by atoms with Gasteiger partial charge in [-0.15, -0.1) is 0 Å². The lowest BCUT2D eigenvalue weighted by Crippen LogP contribution is -2.20. The summed E-state index contributed by atoms with van der Waals surface area (Å²) >= 11 is 0. The number of benzene rings is 1. The van der Waals surface area contributed by atoms with Crippen LogP contribution >= 0.6 is 0 Å². The van der Waals surface area contributed by atoms with E-state index in [2.05, 4.69) is 15.5 Å². The number of nitrogens with two attached hydrogens (primary N) is 1. The number of nitrogens with zero attached hydrogens (tertiary/aromatic N) is 1. The molecule has 0 bridgehead atoms. The fraction of sp³-hybridized carbons (Fsp3) is 0.167. The molecular weight excluding hydrogens is 216 g/mol. The maximum absolute atomic E-state index is 11.7. The van der Waals surface area contributed by atoms with Crippen LogP contribution in [0.15, 0.2) is 42.7 Å². The van der Waals surface area contributed by atoms with Crippen molar-refractivity contribution in [2.45, 2.75) is 12.5 Å². The molecule has 88 valence electrons. The first-order valence-corrected chi connectivity index (χ1v) is 5.35. The van der Waals surface area contributed by atoms with E-state index in [9.17, 15) is 4.79 Å². The number of aromatic nitrogens is 2. The first-order chi connectivity index (χ1) is 8.25. The lowest BCUT2D eigenvalue weighted by Gasteiger charge is -2.11. The zero-order chi connectivity index (χ0) is 12.1. The van der Waals surface area contributed by atoms with Crippen LogP contribution in [0.1, 0.15) is 18.0 Å². The van der Waals surface area contributed by atoms with Crippen molar-refractivity contribution in [1.82, 2.24) is 10.2 Å². The van der Waals surface area contributed by atoms with Gasteiger partial charge in [-0.2, -0.15) is 5.10 Å². The number of hydrogen-bond donors (Lipinski definition) is 3. The Morgan fingerprint density at radius 3 is 2.82 bits per heavy atom. The summed E-state index contributed by atoms with van der Waals surface area (Å²) in [7, 11) is 0. The maximum Gasteiger partial charge on any atom is 0.226 e. The van der Waals surface area contributed by atoms with Crippen molar-refractivity contribution in [3.63, 3.8) is 0 Å². The summed E-state index contributed by atoms with van der Waals surface area (Å²) in [5.74, 6) is -0.122. The Hall–Kier alpha value is -2.14. The summed E-state index contributed by atoms with van der Waals surface area (Å²) in [6.45, 7) is 0. The van der Waals surface area contributed by atoms with Crippen molar-refractivity contribution >= 4 is 11.6 Å². The lowest BCUT2D eigenvalue weighted by atomic mass is 10.0. The van der Waals surface area contributed by atoms with Gasteiger partial charge in [0.15, 0.2) is 0 Å². The smallest absolute Gasteiger partial charge is 0.226 e. The van der Waals surface area contributed by atoms with Crippen molar-refractivity contribution < 1.29 is 4.79 Å². The van der Waals surface area contributed by atoms with Crippen LogP contribution in [0.4, 0.5) is 5.69 Å². The molecule has 0 aliphatic carbocycles. The molecule has 1 aromatic carbocycles. The molecule has 1 aromatic heterocycles. The predicted molar refractivity (Wildman–Crippen MR) is 65.2 cm³/mol. The molecule has 17 heavy (non-hydrogen) atoms. The van der Waals surface area contributed by atoms with Crippen LogP contribution < -0.4 is 11.1 Å². The Balaban J connectivity index is 1.91. The third-order valence-electron chi connectivity index (χ3n) is 2.42. The summed E-state index contributed by atoms with van der Waals surface area (Å²) in [6, 6.07) is 9.27. The Morgan fingerprint density at radius 1 is 1.41 bits per heavy atom. The van der Waals surface area contributed by atoms with Gasteiger partial charge in [0.2, 0.25) is 5.91 Å². The van der Waals surface area contributed by atoms with Crippen LogP contribution in [0.25, 0.3) is 0 Å². The van der Waals surface area contributed by atoms with Gasteiger partial charge in [-0.1, -0.05) is 30.3 Å². The van der Waals surface area contributed by atoms with Gasteiger partial charge in [0.1, 0.15) is 0 Å². The quantitative estimate of drug-likeness (QED) is 0.743. The Labute approximate surface area is 99.0 Å². The van der Waals surface area contributed by atoms with Crippen molar-refractivity contribution in [2.24, 2.45) is 5.73 Å². The molecule has 0 radical (unpaired) electrons. The van der Waals surface area contributed by atoms with Gasteiger partial charge in [-0.25, -0.2) is 0 Å².